The molecule has 2 saturated heterocycles. The summed E-state index contributed by atoms with van der Waals surface area (Å²) in [6, 6.07) is 12.0. The number of benzene rings is 1. The molecule has 0 aliphatic carbocycles. The first-order valence-corrected chi connectivity index (χ1v) is 14.1. The van der Waals surface area contributed by atoms with E-state index in [0.29, 0.717) is 18.7 Å². The molecule has 3 heterocycles. The van der Waals surface area contributed by atoms with E-state index in [4.69, 9.17) is 14.3 Å². The Bertz CT molecular complexity index is 997. The molecule has 0 spiro atoms. The van der Waals surface area contributed by atoms with Gasteiger partial charge in [-0.25, -0.2) is 15.1 Å². The third-order valence-electron chi connectivity index (χ3n) is 6.03. The Morgan fingerprint density at radius 1 is 1.17 bits per heavy atom. The third-order valence-corrected chi connectivity index (χ3v) is 9.11. The summed E-state index contributed by atoms with van der Waals surface area (Å²) in [4.78, 5) is 32.7. The zero-order chi connectivity index (χ0) is 24.7. The van der Waals surface area contributed by atoms with Crippen LogP contribution in [0.1, 0.15) is 63.7 Å². The van der Waals surface area contributed by atoms with Gasteiger partial charge in [0.25, 0.3) is 0 Å². The van der Waals surface area contributed by atoms with Crippen molar-refractivity contribution in [1.82, 2.24) is 5.48 Å². The number of thiophene rings is 1. The van der Waals surface area contributed by atoms with Crippen LogP contribution in [0.4, 0.5) is 10.5 Å². The van der Waals surface area contributed by atoms with Gasteiger partial charge >= 0.3 is 6.09 Å². The van der Waals surface area contributed by atoms with Gasteiger partial charge in [-0.15, -0.1) is 23.1 Å². The zero-order valence-electron chi connectivity index (χ0n) is 20.3. The second-order valence-corrected chi connectivity index (χ2v) is 11.8. The van der Waals surface area contributed by atoms with Crippen LogP contribution < -0.4 is 10.8 Å². The molecule has 2 amide bonds. The summed E-state index contributed by atoms with van der Waals surface area (Å²) < 4.78 is 10.5. The number of hydroxylamine groups is 1. The van der Waals surface area contributed by atoms with Crippen LogP contribution in [0, 0.1) is 0 Å². The maximum absolute atomic E-state index is 12.9. The molecule has 1 aromatic carbocycles. The van der Waals surface area contributed by atoms with E-state index in [2.05, 4.69) is 22.9 Å². The molecule has 4 rings (SSSR count). The monoisotopic (exact) mass is 518 g/mol. The average molecular weight is 519 g/mol. The molecule has 2 aliphatic heterocycles. The highest BCUT2D eigenvalue weighted by atomic mass is 32.2. The van der Waals surface area contributed by atoms with E-state index in [1.807, 2.05) is 49.9 Å². The Kier molecular flexibility index (Phi) is 9.10. The first-order valence-electron chi connectivity index (χ1n) is 12.3. The topological polar surface area (TPSA) is 85.9 Å². The first kappa shape index (κ1) is 26.0. The number of carbonyl (C=O) groups is 2. The van der Waals surface area contributed by atoms with Crippen LogP contribution in [0.3, 0.4) is 0 Å². The van der Waals surface area contributed by atoms with Crippen LogP contribution in [0.5, 0.6) is 0 Å². The van der Waals surface area contributed by atoms with E-state index >= 15 is 0 Å². The van der Waals surface area contributed by atoms with E-state index in [0.717, 1.165) is 48.3 Å². The molecule has 7 nitrogen and oxygen atoms in total. The normalized spacial score (nSPS) is 22.5. The van der Waals surface area contributed by atoms with Crippen molar-refractivity contribution in [3.63, 3.8) is 0 Å². The van der Waals surface area contributed by atoms with Crippen LogP contribution >= 0.6 is 23.1 Å². The molecular formula is C26H34N2O5S2. The summed E-state index contributed by atoms with van der Waals surface area (Å²) >= 11 is 3.58. The molecule has 0 radical (unpaired) electrons. The van der Waals surface area contributed by atoms with Gasteiger partial charge in [0, 0.05) is 34.9 Å². The van der Waals surface area contributed by atoms with E-state index in [1.165, 1.54) is 11.3 Å². The van der Waals surface area contributed by atoms with E-state index in [-0.39, 0.29) is 23.0 Å². The molecule has 2 atom stereocenters. The molecule has 2 fully saturated rings. The minimum Gasteiger partial charge on any atom is -0.447 e. The molecule has 2 aromatic rings. The average Bonchev–Trinajstić information content (AvgIpc) is 3.35. The molecule has 2 aliphatic rings. The summed E-state index contributed by atoms with van der Waals surface area (Å²) in [5.41, 5.74) is 4.35. The van der Waals surface area contributed by atoms with Gasteiger partial charge < -0.3 is 9.47 Å². The molecule has 1 unspecified atom stereocenters. The minimum atomic E-state index is -0.464. The lowest BCUT2D eigenvalue weighted by Crippen LogP contribution is -2.37. The summed E-state index contributed by atoms with van der Waals surface area (Å²) in [7, 11) is 0. The second kappa shape index (κ2) is 12.3. The van der Waals surface area contributed by atoms with E-state index in [9.17, 15) is 9.59 Å². The maximum atomic E-state index is 12.9. The van der Waals surface area contributed by atoms with Gasteiger partial charge in [-0.05, 0) is 75.1 Å². The highest BCUT2D eigenvalue weighted by Crippen LogP contribution is 2.51. The number of hydrogen-bond donors (Lipinski definition) is 2. The van der Waals surface area contributed by atoms with Gasteiger partial charge in [-0.2, -0.15) is 0 Å². The number of ether oxygens (including phenoxy) is 2. The van der Waals surface area contributed by atoms with Gasteiger partial charge in [0.2, 0.25) is 5.91 Å². The van der Waals surface area contributed by atoms with Crippen molar-refractivity contribution in [3.8, 4) is 10.4 Å². The number of nitrogens with one attached hydrogen (secondary N) is 2. The lowest BCUT2D eigenvalue weighted by Gasteiger charge is -2.35. The van der Waals surface area contributed by atoms with Crippen molar-refractivity contribution >= 4 is 40.8 Å². The Morgan fingerprint density at radius 2 is 2.06 bits per heavy atom. The number of amides is 2. The summed E-state index contributed by atoms with van der Waals surface area (Å²) in [5.74, 6) is 0.920. The highest BCUT2D eigenvalue weighted by Gasteiger charge is 2.38. The fourth-order valence-corrected chi connectivity index (χ4v) is 7.24. The van der Waals surface area contributed by atoms with E-state index < -0.39 is 6.09 Å². The van der Waals surface area contributed by atoms with Crippen molar-refractivity contribution in [3.05, 3.63) is 41.3 Å². The first-order chi connectivity index (χ1) is 16.9. The van der Waals surface area contributed by atoms with Crippen LogP contribution in [0.15, 0.2) is 36.4 Å². The zero-order valence-corrected chi connectivity index (χ0v) is 22.0. The number of anilines is 1. The molecule has 2 N–H and O–H groups in total. The quantitative estimate of drug-likeness (QED) is 0.391. The number of carbonyl (C=O) groups excluding carboxylic acids is 2. The van der Waals surface area contributed by atoms with Crippen molar-refractivity contribution < 1.29 is 23.9 Å². The van der Waals surface area contributed by atoms with Gasteiger partial charge in [-0.3, -0.25) is 10.1 Å². The lowest BCUT2D eigenvalue weighted by molar-refractivity contribution is -0.200. The summed E-state index contributed by atoms with van der Waals surface area (Å²) in [6.45, 7) is 4.31. The molecule has 9 heteroatoms. The van der Waals surface area contributed by atoms with Crippen molar-refractivity contribution in [2.24, 2.45) is 0 Å². The summed E-state index contributed by atoms with van der Waals surface area (Å²) in [5, 5.41) is 2.79. The summed E-state index contributed by atoms with van der Waals surface area (Å²) in [6.07, 6.45) is 5.47. The van der Waals surface area contributed by atoms with Crippen molar-refractivity contribution in [1.29, 1.82) is 0 Å². The lowest BCUT2D eigenvalue weighted by atomic mass is 9.94. The van der Waals surface area contributed by atoms with Gasteiger partial charge in [-0.1, -0.05) is 18.6 Å². The molecule has 35 heavy (non-hydrogen) atoms. The molecule has 0 saturated carbocycles. The maximum Gasteiger partial charge on any atom is 0.411 e. The van der Waals surface area contributed by atoms with Gasteiger partial charge in [0.05, 0.1) is 10.9 Å². The van der Waals surface area contributed by atoms with Crippen LogP contribution in [0.2, 0.25) is 0 Å². The molecule has 1 aromatic heterocycles. The van der Waals surface area contributed by atoms with Crippen LogP contribution in [0.25, 0.3) is 10.4 Å². The molecule has 0 bridgehead atoms. The molecule has 190 valence electrons. The Hall–Kier alpha value is -2.07. The van der Waals surface area contributed by atoms with Gasteiger partial charge in [0.15, 0.2) is 6.29 Å². The predicted molar refractivity (Wildman–Crippen MR) is 140 cm³/mol. The number of rotatable bonds is 8. The van der Waals surface area contributed by atoms with Crippen molar-refractivity contribution in [2.45, 2.75) is 75.9 Å². The SMILES string of the molecule is CC(C)OC(=O)Nc1cccc(-c2ccc([C@@]3(CC(=O)NOC4CCCCO4)CCCCS3)s2)c1. The standard InChI is InChI=1S/C26H34N2O5S2/c1-18(2)32-25(30)27-20-9-7-8-19(16-20)21-11-12-22(35-21)26(13-4-6-15-34-26)17-23(29)28-33-24-10-3-5-14-31-24/h7-9,11-12,16,18,24H,3-6,10,13-15,17H2,1-2H3,(H,27,30)(H,28,29)/t24?,26-/m0/s1. The van der Waals surface area contributed by atoms with E-state index in [1.54, 1.807) is 11.3 Å². The largest absolute Gasteiger partial charge is 0.447 e. The fraction of sp³-hybridized carbons (Fsp3) is 0.538. The van der Waals surface area contributed by atoms with Crippen molar-refractivity contribution in [2.75, 3.05) is 17.7 Å². The molecular weight excluding hydrogens is 484 g/mol. The Morgan fingerprint density at radius 3 is 2.80 bits per heavy atom. The second-order valence-electron chi connectivity index (χ2n) is 9.24. The van der Waals surface area contributed by atoms with Crippen LogP contribution in [-0.4, -0.2) is 36.8 Å². The fourth-order valence-electron chi connectivity index (χ4n) is 4.35. The predicted octanol–water partition coefficient (Wildman–Crippen LogP) is 6.45. The van der Waals surface area contributed by atoms with Gasteiger partial charge in [0.1, 0.15) is 0 Å². The minimum absolute atomic E-state index is 0.113. The third kappa shape index (κ3) is 7.22. The van der Waals surface area contributed by atoms with Crippen LogP contribution in [-0.2, 0) is 23.9 Å². The number of hydrogen-bond acceptors (Lipinski definition) is 7. The highest BCUT2D eigenvalue weighted by molar-refractivity contribution is 8.00. The number of thioether (sulfide) groups is 1. The Labute approximate surface area is 215 Å². The smallest absolute Gasteiger partial charge is 0.411 e. The Balaban J connectivity index is 1.45.